The zero-order valence-electron chi connectivity index (χ0n) is 27.1. The van der Waals surface area contributed by atoms with E-state index in [1.165, 1.54) is 24.3 Å². The summed E-state index contributed by atoms with van der Waals surface area (Å²) in [6.07, 6.45) is 4.06. The highest BCUT2D eigenvalue weighted by Gasteiger charge is 2.48. The summed E-state index contributed by atoms with van der Waals surface area (Å²) in [4.78, 5) is 28.3. The Hall–Kier alpha value is -3.48. The standard InChI is InChI=1S/C36H43FN2O7S/c1-35(2)45-23-36(42,24-46-35)21-20-26-6-10-28(11-7-26)33-31(18-19-32(40)27-12-14-29(37)15-13-27)34(41)39(33)30-16-8-25(9-17-30)5-4-22-38-47(3,43)44/h6-17,31,33,38,42H,4-5,18-24H2,1-3H3/t31?,33-/m1/s1. The van der Waals surface area contributed by atoms with Crippen LogP contribution in [0, 0.1) is 11.7 Å². The van der Waals surface area contributed by atoms with Crippen LogP contribution >= 0.6 is 0 Å². The summed E-state index contributed by atoms with van der Waals surface area (Å²) >= 11 is 0. The van der Waals surface area contributed by atoms with E-state index in [2.05, 4.69) is 4.72 Å². The highest BCUT2D eigenvalue weighted by Crippen LogP contribution is 2.46. The fourth-order valence-electron chi connectivity index (χ4n) is 6.04. The zero-order chi connectivity index (χ0) is 33.8. The van der Waals surface area contributed by atoms with Gasteiger partial charge in [0.25, 0.3) is 0 Å². The molecule has 2 atom stereocenters. The van der Waals surface area contributed by atoms with Gasteiger partial charge in [-0.25, -0.2) is 17.5 Å². The van der Waals surface area contributed by atoms with Crippen LogP contribution < -0.4 is 9.62 Å². The van der Waals surface area contributed by atoms with Crippen molar-refractivity contribution in [2.24, 2.45) is 5.92 Å². The highest BCUT2D eigenvalue weighted by atomic mass is 32.2. The molecular weight excluding hydrogens is 623 g/mol. The molecular formula is C36H43FN2O7S. The number of rotatable bonds is 14. The van der Waals surface area contributed by atoms with Gasteiger partial charge in [-0.2, -0.15) is 0 Å². The first kappa shape index (κ1) is 34.8. The third-order valence-corrected chi connectivity index (χ3v) is 9.59. The molecule has 2 heterocycles. The van der Waals surface area contributed by atoms with Crippen LogP contribution in [0.4, 0.5) is 10.1 Å². The Kier molecular flexibility index (Phi) is 10.6. The predicted molar refractivity (Wildman–Crippen MR) is 177 cm³/mol. The Morgan fingerprint density at radius 3 is 2.17 bits per heavy atom. The first-order valence-corrected chi connectivity index (χ1v) is 17.9. The Balaban J connectivity index is 1.28. The average Bonchev–Trinajstić information content (AvgIpc) is 3.03. The van der Waals surface area contributed by atoms with Gasteiger partial charge >= 0.3 is 0 Å². The van der Waals surface area contributed by atoms with Crippen LogP contribution in [0.5, 0.6) is 0 Å². The van der Waals surface area contributed by atoms with Gasteiger partial charge in [0.1, 0.15) is 11.4 Å². The molecule has 0 saturated carbocycles. The quantitative estimate of drug-likeness (QED) is 0.139. The number of anilines is 1. The van der Waals surface area contributed by atoms with Crippen molar-refractivity contribution in [3.8, 4) is 0 Å². The first-order chi connectivity index (χ1) is 22.2. The topological polar surface area (TPSA) is 122 Å². The largest absolute Gasteiger partial charge is 0.385 e. The van der Waals surface area contributed by atoms with E-state index in [0.29, 0.717) is 44.2 Å². The number of nitrogens with zero attached hydrogens (tertiary/aromatic N) is 1. The van der Waals surface area contributed by atoms with Crippen LogP contribution in [0.2, 0.25) is 0 Å². The van der Waals surface area contributed by atoms with E-state index in [0.717, 1.165) is 28.6 Å². The number of ketones is 1. The number of carbonyl (C=O) groups excluding carboxylic acids is 2. The fraction of sp³-hybridized carbons (Fsp3) is 0.444. The molecule has 5 rings (SSSR count). The maximum absolute atomic E-state index is 13.6. The number of benzene rings is 3. The van der Waals surface area contributed by atoms with Crippen molar-refractivity contribution in [2.75, 3.05) is 30.9 Å². The second-order valence-corrected chi connectivity index (χ2v) is 14.9. The van der Waals surface area contributed by atoms with Crippen LogP contribution in [0.1, 0.15) is 72.6 Å². The number of Topliss-reactive ketones (excluding diaryl/α,β-unsaturated/α-hetero) is 1. The fourth-order valence-corrected chi connectivity index (χ4v) is 6.56. The van der Waals surface area contributed by atoms with Gasteiger partial charge in [-0.05, 0) is 99.0 Å². The molecule has 47 heavy (non-hydrogen) atoms. The lowest BCUT2D eigenvalue weighted by atomic mass is 9.78. The molecule has 1 unspecified atom stereocenters. The highest BCUT2D eigenvalue weighted by molar-refractivity contribution is 7.88. The number of β-lactam (4-membered cyclic amide) rings is 1. The van der Waals surface area contributed by atoms with Gasteiger partial charge in [-0.1, -0.05) is 36.4 Å². The van der Waals surface area contributed by atoms with E-state index in [1.807, 2.05) is 62.4 Å². The van der Waals surface area contributed by atoms with E-state index in [4.69, 9.17) is 9.47 Å². The number of hydrogen-bond acceptors (Lipinski definition) is 7. The summed E-state index contributed by atoms with van der Waals surface area (Å²) < 4.78 is 49.8. The van der Waals surface area contributed by atoms with Gasteiger partial charge in [-0.3, -0.25) is 9.59 Å². The molecule has 0 aliphatic carbocycles. The van der Waals surface area contributed by atoms with Crippen LogP contribution in [0.25, 0.3) is 0 Å². The Morgan fingerprint density at radius 2 is 1.55 bits per heavy atom. The summed E-state index contributed by atoms with van der Waals surface area (Å²) in [6, 6.07) is 20.8. The smallest absolute Gasteiger partial charge is 0.233 e. The minimum atomic E-state index is -3.23. The summed E-state index contributed by atoms with van der Waals surface area (Å²) in [5.74, 6) is -1.74. The minimum Gasteiger partial charge on any atom is -0.385 e. The molecule has 2 saturated heterocycles. The Morgan fingerprint density at radius 1 is 0.957 bits per heavy atom. The van der Waals surface area contributed by atoms with Crippen molar-refractivity contribution in [1.29, 1.82) is 0 Å². The number of halogens is 1. The molecule has 0 spiro atoms. The predicted octanol–water partition coefficient (Wildman–Crippen LogP) is 5.12. The summed E-state index contributed by atoms with van der Waals surface area (Å²) in [6.45, 7) is 4.39. The third-order valence-electron chi connectivity index (χ3n) is 8.86. The van der Waals surface area contributed by atoms with Crippen molar-refractivity contribution in [3.63, 3.8) is 0 Å². The van der Waals surface area contributed by atoms with E-state index in [-0.39, 0.29) is 37.4 Å². The molecule has 3 aromatic carbocycles. The second-order valence-electron chi connectivity index (χ2n) is 13.1. The number of carbonyl (C=O) groups is 2. The molecule has 3 aromatic rings. The molecule has 11 heteroatoms. The van der Waals surface area contributed by atoms with E-state index < -0.39 is 33.1 Å². The molecule has 252 valence electrons. The van der Waals surface area contributed by atoms with Crippen LogP contribution in [0.3, 0.4) is 0 Å². The Labute approximate surface area is 276 Å². The molecule has 9 nitrogen and oxygen atoms in total. The molecule has 2 aliphatic heterocycles. The third kappa shape index (κ3) is 9.11. The first-order valence-electron chi connectivity index (χ1n) is 16.0. The molecule has 0 radical (unpaired) electrons. The van der Waals surface area contributed by atoms with Crippen molar-refractivity contribution < 1.29 is 37.0 Å². The van der Waals surface area contributed by atoms with Crippen molar-refractivity contribution in [1.82, 2.24) is 4.72 Å². The van der Waals surface area contributed by atoms with Gasteiger partial charge in [0.2, 0.25) is 15.9 Å². The normalized spacial score (nSPS) is 20.5. The van der Waals surface area contributed by atoms with Gasteiger partial charge in [0.05, 0.1) is 31.4 Å². The molecule has 2 N–H and O–H groups in total. The SMILES string of the molecule is CC1(C)OCC(O)(CCc2ccc([C@@H]3C(CCC(=O)c4ccc(F)cc4)C(=O)N3c3ccc(CCCNS(C)(=O)=O)cc3)cc2)CO1. The van der Waals surface area contributed by atoms with Crippen molar-refractivity contribution in [3.05, 3.63) is 101 Å². The summed E-state index contributed by atoms with van der Waals surface area (Å²) in [7, 11) is -3.23. The number of aliphatic hydroxyl groups is 1. The lowest BCUT2D eigenvalue weighted by molar-refractivity contribution is -0.302. The number of nitrogens with one attached hydrogen (secondary N) is 1. The summed E-state index contributed by atoms with van der Waals surface area (Å²) in [5.41, 5.74) is 3.08. The van der Waals surface area contributed by atoms with Gasteiger partial charge in [0.15, 0.2) is 11.6 Å². The van der Waals surface area contributed by atoms with Gasteiger partial charge in [0, 0.05) is 24.2 Å². The lowest BCUT2D eigenvalue weighted by Gasteiger charge is -2.47. The average molecular weight is 667 g/mol. The monoisotopic (exact) mass is 666 g/mol. The van der Waals surface area contributed by atoms with Gasteiger partial charge < -0.3 is 19.5 Å². The minimum absolute atomic E-state index is 0.0708. The number of hydrogen-bond donors (Lipinski definition) is 2. The van der Waals surface area contributed by atoms with E-state index in [1.54, 1.807) is 4.90 Å². The molecule has 1 amide bonds. The van der Waals surface area contributed by atoms with E-state index in [9.17, 15) is 27.5 Å². The van der Waals surface area contributed by atoms with Crippen LogP contribution in [-0.4, -0.2) is 62.6 Å². The number of aryl methyl sites for hydroxylation is 2. The molecule has 0 bridgehead atoms. The van der Waals surface area contributed by atoms with Crippen LogP contribution in [-0.2, 0) is 37.1 Å². The molecule has 0 aromatic heterocycles. The van der Waals surface area contributed by atoms with Crippen LogP contribution in [0.15, 0.2) is 72.8 Å². The number of amides is 1. The number of sulfonamides is 1. The van der Waals surface area contributed by atoms with E-state index >= 15 is 0 Å². The summed E-state index contributed by atoms with van der Waals surface area (Å²) in [5, 5.41) is 10.9. The second kappa shape index (κ2) is 14.3. The maximum Gasteiger partial charge on any atom is 0.233 e. The maximum atomic E-state index is 13.6. The number of ether oxygens (including phenoxy) is 2. The molecule has 2 fully saturated rings. The van der Waals surface area contributed by atoms with Crippen molar-refractivity contribution in [2.45, 2.75) is 69.8 Å². The zero-order valence-corrected chi connectivity index (χ0v) is 27.9. The molecule has 2 aliphatic rings. The van der Waals surface area contributed by atoms with Gasteiger partial charge in [-0.15, -0.1) is 0 Å². The Bertz CT molecular complexity index is 1650. The lowest BCUT2D eigenvalue weighted by Crippen LogP contribution is -2.55. The van der Waals surface area contributed by atoms with Crippen molar-refractivity contribution >= 4 is 27.4 Å².